The third-order valence-electron chi connectivity index (χ3n) is 1.68. The van der Waals surface area contributed by atoms with Crippen molar-refractivity contribution in [3.05, 3.63) is 12.7 Å². The van der Waals surface area contributed by atoms with E-state index in [-0.39, 0.29) is 0 Å². The Kier molecular flexibility index (Phi) is 5.09. The molecule has 0 N–H and O–H groups in total. The summed E-state index contributed by atoms with van der Waals surface area (Å²) >= 11 is 5.60. The van der Waals surface area contributed by atoms with E-state index >= 15 is 0 Å². The first-order chi connectivity index (χ1) is 4.62. The lowest BCUT2D eigenvalue weighted by molar-refractivity contribution is 1.05. The summed E-state index contributed by atoms with van der Waals surface area (Å²) in [5.41, 5.74) is 0. The van der Waals surface area contributed by atoms with Crippen molar-refractivity contribution in [2.45, 2.75) is 31.6 Å². The average molecular weight is 177 g/mol. The third-order valence-corrected chi connectivity index (χ3v) is 5.05. The Labute approximate surface area is 70.3 Å². The van der Waals surface area contributed by atoms with Crippen LogP contribution in [-0.2, 0) is 0 Å². The second-order valence-corrected chi connectivity index (χ2v) is 9.06. The molecule has 0 aromatic rings. The van der Waals surface area contributed by atoms with Gasteiger partial charge in [0.25, 0.3) is 0 Å². The monoisotopic (exact) mass is 176 g/mol. The Hall–Kier alpha value is 0.247. The molecule has 0 fully saturated rings. The molecular weight excluding hydrogens is 160 g/mol. The molecule has 0 aliphatic carbocycles. The molecule has 2 heteroatoms. The molecule has 0 spiro atoms. The molecule has 0 aliphatic heterocycles. The van der Waals surface area contributed by atoms with Gasteiger partial charge in [-0.05, 0) is 12.5 Å². The van der Waals surface area contributed by atoms with Gasteiger partial charge < -0.3 is 0 Å². The molecule has 0 atom stereocenters. The summed E-state index contributed by atoms with van der Waals surface area (Å²) in [6.45, 7) is 8.54. The van der Waals surface area contributed by atoms with Crippen LogP contribution in [0.3, 0.4) is 0 Å². The van der Waals surface area contributed by atoms with Crippen molar-refractivity contribution in [1.82, 2.24) is 0 Å². The highest BCUT2D eigenvalue weighted by atomic mass is 35.5. The Bertz CT molecular complexity index is 99.4. The summed E-state index contributed by atoms with van der Waals surface area (Å²) in [5, 5.41) is 0. The number of halogens is 1. The number of alkyl halides is 1. The van der Waals surface area contributed by atoms with Crippen LogP contribution in [-0.4, -0.2) is 14.0 Å². The van der Waals surface area contributed by atoms with Gasteiger partial charge in [0, 0.05) is 5.88 Å². The van der Waals surface area contributed by atoms with E-state index in [2.05, 4.69) is 19.7 Å². The van der Waals surface area contributed by atoms with Crippen LogP contribution in [0.25, 0.3) is 0 Å². The normalized spacial score (nSPS) is 11.5. The molecule has 0 heterocycles. The molecule has 0 rings (SSSR count). The predicted molar refractivity (Wildman–Crippen MR) is 52.6 cm³/mol. The zero-order valence-corrected chi connectivity index (χ0v) is 8.75. The van der Waals surface area contributed by atoms with Gasteiger partial charge in [-0.1, -0.05) is 25.2 Å². The maximum atomic E-state index is 5.60. The average Bonchev–Trinajstić information content (AvgIpc) is 1.84. The molecule has 0 amide bonds. The molecular formula is C8H17ClSi. The Morgan fingerprint density at radius 3 is 2.50 bits per heavy atom. The maximum Gasteiger partial charge on any atom is 0.0511 e. The molecule has 0 unspecified atom stereocenters. The summed E-state index contributed by atoms with van der Waals surface area (Å²) in [6.07, 6.45) is 3.22. The highest BCUT2D eigenvalue weighted by Crippen LogP contribution is 2.17. The summed E-state index contributed by atoms with van der Waals surface area (Å²) < 4.78 is 0. The first-order valence-corrected chi connectivity index (χ1v) is 7.74. The van der Waals surface area contributed by atoms with Gasteiger partial charge in [0.1, 0.15) is 0 Å². The second kappa shape index (κ2) is 4.97. The van der Waals surface area contributed by atoms with Crippen molar-refractivity contribution >= 4 is 19.7 Å². The van der Waals surface area contributed by atoms with Gasteiger partial charge in [-0.2, -0.15) is 0 Å². The van der Waals surface area contributed by atoms with Gasteiger partial charge in [-0.25, -0.2) is 0 Å². The fourth-order valence-electron chi connectivity index (χ4n) is 1.04. The van der Waals surface area contributed by atoms with Crippen molar-refractivity contribution in [3.8, 4) is 0 Å². The topological polar surface area (TPSA) is 0 Å². The van der Waals surface area contributed by atoms with E-state index in [0.29, 0.717) is 0 Å². The van der Waals surface area contributed by atoms with Crippen LogP contribution in [0.5, 0.6) is 0 Å². The number of rotatable bonds is 5. The largest absolute Gasteiger partial charge is 0.127 e. The molecule has 0 bridgehead atoms. The van der Waals surface area contributed by atoms with E-state index < -0.39 is 8.07 Å². The third kappa shape index (κ3) is 5.07. The minimum absolute atomic E-state index is 0.813. The molecule has 60 valence electrons. The number of allylic oxidation sites excluding steroid dienone is 1. The van der Waals surface area contributed by atoms with E-state index in [9.17, 15) is 0 Å². The highest BCUT2D eigenvalue weighted by Gasteiger charge is 2.16. The lowest BCUT2D eigenvalue weighted by atomic mass is 10.6. The number of hydrogen-bond donors (Lipinski definition) is 0. The maximum absolute atomic E-state index is 5.60. The molecule has 0 aromatic carbocycles. The summed E-state index contributed by atoms with van der Waals surface area (Å²) in [6, 6.07) is 2.56. The van der Waals surface area contributed by atoms with Crippen LogP contribution >= 0.6 is 11.6 Å². The van der Waals surface area contributed by atoms with E-state index in [1.165, 1.54) is 18.5 Å². The summed E-state index contributed by atoms with van der Waals surface area (Å²) in [5.74, 6) is 0.813. The molecule has 0 saturated heterocycles. The van der Waals surface area contributed by atoms with Crippen LogP contribution in [0.4, 0.5) is 0 Å². The standard InChI is InChI=1S/C8H17ClSi/c1-4-7-10(2,3)8-5-6-9/h4H,1,5-8H2,2-3H3. The second-order valence-electron chi connectivity index (χ2n) is 3.45. The fraction of sp³-hybridized carbons (Fsp3) is 0.750. The summed E-state index contributed by atoms with van der Waals surface area (Å²) in [4.78, 5) is 0. The lowest BCUT2D eigenvalue weighted by Crippen LogP contribution is -2.23. The molecule has 10 heavy (non-hydrogen) atoms. The lowest BCUT2D eigenvalue weighted by Gasteiger charge is -2.19. The van der Waals surface area contributed by atoms with E-state index in [1.807, 2.05) is 6.08 Å². The van der Waals surface area contributed by atoms with E-state index in [0.717, 1.165) is 5.88 Å². The minimum Gasteiger partial charge on any atom is -0.127 e. The smallest absolute Gasteiger partial charge is 0.0511 e. The quantitative estimate of drug-likeness (QED) is 0.342. The van der Waals surface area contributed by atoms with Crippen molar-refractivity contribution in [1.29, 1.82) is 0 Å². The Morgan fingerprint density at radius 2 is 2.10 bits per heavy atom. The highest BCUT2D eigenvalue weighted by molar-refractivity contribution is 6.77. The van der Waals surface area contributed by atoms with Gasteiger partial charge in [0.15, 0.2) is 0 Å². The van der Waals surface area contributed by atoms with Crippen LogP contribution < -0.4 is 0 Å². The molecule has 0 radical (unpaired) electrons. The number of hydrogen-bond acceptors (Lipinski definition) is 0. The first-order valence-electron chi connectivity index (χ1n) is 3.79. The molecule has 0 aromatic heterocycles. The van der Waals surface area contributed by atoms with Crippen LogP contribution in [0.15, 0.2) is 12.7 Å². The van der Waals surface area contributed by atoms with E-state index in [4.69, 9.17) is 11.6 Å². The predicted octanol–water partition coefficient (Wildman–Crippen LogP) is 3.51. The van der Waals surface area contributed by atoms with Gasteiger partial charge in [0.2, 0.25) is 0 Å². The molecule has 0 aliphatic rings. The fourth-order valence-corrected chi connectivity index (χ4v) is 3.52. The van der Waals surface area contributed by atoms with Crippen molar-refractivity contribution in [2.75, 3.05) is 5.88 Å². The minimum atomic E-state index is -0.927. The molecule has 0 nitrogen and oxygen atoms in total. The summed E-state index contributed by atoms with van der Waals surface area (Å²) in [7, 11) is -0.927. The van der Waals surface area contributed by atoms with Crippen LogP contribution in [0.1, 0.15) is 6.42 Å². The van der Waals surface area contributed by atoms with Gasteiger partial charge in [-0.15, -0.1) is 18.2 Å². The molecule has 0 saturated carbocycles. The first kappa shape index (κ1) is 10.2. The van der Waals surface area contributed by atoms with Crippen molar-refractivity contribution in [2.24, 2.45) is 0 Å². The van der Waals surface area contributed by atoms with Crippen molar-refractivity contribution in [3.63, 3.8) is 0 Å². The van der Waals surface area contributed by atoms with E-state index in [1.54, 1.807) is 0 Å². The van der Waals surface area contributed by atoms with Crippen LogP contribution in [0, 0.1) is 0 Å². The van der Waals surface area contributed by atoms with Crippen molar-refractivity contribution < 1.29 is 0 Å². The zero-order valence-electron chi connectivity index (χ0n) is 6.99. The van der Waals surface area contributed by atoms with Gasteiger partial charge >= 0.3 is 0 Å². The zero-order chi connectivity index (χ0) is 8.04. The van der Waals surface area contributed by atoms with Crippen LogP contribution in [0.2, 0.25) is 25.2 Å². The van der Waals surface area contributed by atoms with Gasteiger partial charge in [0.05, 0.1) is 8.07 Å². The Balaban J connectivity index is 3.51. The Morgan fingerprint density at radius 1 is 1.50 bits per heavy atom. The SMILES string of the molecule is C=CC[Si](C)(C)CCCCl. The van der Waals surface area contributed by atoms with Gasteiger partial charge in [-0.3, -0.25) is 0 Å².